The molecule has 0 atom stereocenters. The third-order valence-corrected chi connectivity index (χ3v) is 3.73. The molecule has 0 fully saturated rings. The van der Waals surface area contributed by atoms with E-state index in [0.717, 1.165) is 5.56 Å². The Morgan fingerprint density at radius 3 is 2.33 bits per heavy atom. The number of carbonyl (C=O) groups excluding carboxylic acids is 2. The van der Waals surface area contributed by atoms with Crippen molar-refractivity contribution in [2.45, 2.75) is 6.92 Å². The predicted octanol–water partition coefficient (Wildman–Crippen LogP) is 4.14. The molecule has 0 aliphatic carbocycles. The van der Waals surface area contributed by atoms with Gasteiger partial charge in [0.25, 0.3) is 11.8 Å². The molecule has 3 aromatic rings. The number of furan rings is 1. The van der Waals surface area contributed by atoms with Crippen LogP contribution in [-0.2, 0) is 4.79 Å². The molecule has 1 aromatic heterocycles. The number of aryl methyl sites for hydroxylation is 1. The number of nitrogens with one attached hydrogen (secondary N) is 2. The smallest absolute Gasteiger partial charge is 0.291 e. The number of amides is 2. The average Bonchev–Trinajstić information content (AvgIpc) is 3.19. The third kappa shape index (κ3) is 4.92. The van der Waals surface area contributed by atoms with E-state index in [4.69, 9.17) is 4.42 Å². The van der Waals surface area contributed by atoms with Crippen molar-refractivity contribution in [3.05, 3.63) is 95.3 Å². The van der Waals surface area contributed by atoms with Gasteiger partial charge in [0.15, 0.2) is 5.76 Å². The molecule has 0 unspecified atom stereocenters. The first kappa shape index (κ1) is 18.1. The molecule has 5 nitrogen and oxygen atoms in total. The monoisotopic (exact) mass is 364 g/mol. The first-order chi connectivity index (χ1) is 13.0. The fourth-order valence-corrected chi connectivity index (χ4v) is 2.31. The van der Waals surface area contributed by atoms with Crippen molar-refractivity contribution in [2.75, 3.05) is 5.32 Å². The number of hydrogen-bond acceptors (Lipinski definition) is 3. The van der Waals surface area contributed by atoms with E-state index in [1.54, 1.807) is 18.2 Å². The molecular weight excluding hydrogens is 347 g/mol. The van der Waals surface area contributed by atoms with Gasteiger partial charge in [0, 0.05) is 5.69 Å². The van der Waals surface area contributed by atoms with Crippen molar-refractivity contribution in [3.8, 4) is 0 Å². The largest absolute Gasteiger partial charge is 0.459 e. The van der Waals surface area contributed by atoms with Crippen LogP contribution in [0.15, 0.2) is 77.0 Å². The van der Waals surface area contributed by atoms with Gasteiger partial charge >= 0.3 is 0 Å². The van der Waals surface area contributed by atoms with Gasteiger partial charge in [-0.25, -0.2) is 4.39 Å². The average molecular weight is 364 g/mol. The molecule has 0 spiro atoms. The summed E-state index contributed by atoms with van der Waals surface area (Å²) in [7, 11) is 0. The van der Waals surface area contributed by atoms with Crippen LogP contribution in [0.25, 0.3) is 6.08 Å². The number of benzene rings is 2. The highest BCUT2D eigenvalue weighted by Gasteiger charge is 2.16. The number of rotatable bonds is 5. The summed E-state index contributed by atoms with van der Waals surface area (Å²) in [5, 5.41) is 5.26. The summed E-state index contributed by atoms with van der Waals surface area (Å²) < 4.78 is 18.2. The van der Waals surface area contributed by atoms with Crippen LogP contribution in [0, 0.1) is 12.7 Å². The Morgan fingerprint density at radius 2 is 1.70 bits per heavy atom. The molecule has 0 saturated heterocycles. The highest BCUT2D eigenvalue weighted by Crippen LogP contribution is 2.13. The van der Waals surface area contributed by atoms with E-state index in [-0.39, 0.29) is 11.5 Å². The normalized spacial score (nSPS) is 11.1. The molecule has 27 heavy (non-hydrogen) atoms. The zero-order chi connectivity index (χ0) is 19.2. The van der Waals surface area contributed by atoms with E-state index in [0.29, 0.717) is 11.3 Å². The zero-order valence-corrected chi connectivity index (χ0v) is 14.5. The molecular formula is C21H17FN2O3. The Bertz CT molecular complexity index is 960. The van der Waals surface area contributed by atoms with Crippen LogP contribution < -0.4 is 10.6 Å². The van der Waals surface area contributed by atoms with Gasteiger partial charge in [0.2, 0.25) is 0 Å². The lowest BCUT2D eigenvalue weighted by atomic mass is 10.1. The maximum Gasteiger partial charge on any atom is 0.291 e. The lowest BCUT2D eigenvalue weighted by molar-refractivity contribution is -0.113. The van der Waals surface area contributed by atoms with Gasteiger partial charge in [-0.3, -0.25) is 9.59 Å². The van der Waals surface area contributed by atoms with Crippen LogP contribution in [0.5, 0.6) is 0 Å². The molecule has 6 heteroatoms. The van der Waals surface area contributed by atoms with Gasteiger partial charge in [-0.2, -0.15) is 0 Å². The molecule has 0 bridgehead atoms. The number of anilines is 1. The lowest BCUT2D eigenvalue weighted by Crippen LogP contribution is -2.30. The minimum Gasteiger partial charge on any atom is -0.459 e. The Balaban J connectivity index is 1.85. The van der Waals surface area contributed by atoms with Crippen LogP contribution in [0.4, 0.5) is 10.1 Å². The van der Waals surface area contributed by atoms with Crippen LogP contribution in [-0.4, -0.2) is 11.8 Å². The van der Waals surface area contributed by atoms with Crippen molar-refractivity contribution in [2.24, 2.45) is 0 Å². The van der Waals surface area contributed by atoms with E-state index in [2.05, 4.69) is 10.6 Å². The lowest BCUT2D eigenvalue weighted by Gasteiger charge is -2.10. The van der Waals surface area contributed by atoms with Gasteiger partial charge in [0.1, 0.15) is 11.5 Å². The summed E-state index contributed by atoms with van der Waals surface area (Å²) >= 11 is 0. The van der Waals surface area contributed by atoms with E-state index >= 15 is 0 Å². The minimum absolute atomic E-state index is 0.00332. The molecule has 136 valence electrons. The fourth-order valence-electron chi connectivity index (χ4n) is 2.31. The van der Waals surface area contributed by atoms with Gasteiger partial charge in [-0.1, -0.05) is 29.8 Å². The van der Waals surface area contributed by atoms with Gasteiger partial charge < -0.3 is 15.1 Å². The third-order valence-electron chi connectivity index (χ3n) is 3.73. The van der Waals surface area contributed by atoms with Gasteiger partial charge in [-0.15, -0.1) is 0 Å². The Hall–Kier alpha value is -3.67. The van der Waals surface area contributed by atoms with Crippen molar-refractivity contribution >= 4 is 23.6 Å². The molecule has 0 aliphatic heterocycles. The zero-order valence-electron chi connectivity index (χ0n) is 14.5. The van der Waals surface area contributed by atoms with E-state index < -0.39 is 17.6 Å². The summed E-state index contributed by atoms with van der Waals surface area (Å²) in [6.07, 6.45) is 2.83. The van der Waals surface area contributed by atoms with Crippen molar-refractivity contribution in [1.29, 1.82) is 0 Å². The number of hydrogen-bond donors (Lipinski definition) is 2. The summed E-state index contributed by atoms with van der Waals surface area (Å²) in [5.41, 5.74) is 2.21. The Labute approximate surface area is 155 Å². The molecule has 1 heterocycles. The van der Waals surface area contributed by atoms with Crippen LogP contribution in [0.3, 0.4) is 0 Å². The molecule has 0 radical (unpaired) electrons. The molecule has 0 aliphatic rings. The van der Waals surface area contributed by atoms with Crippen LogP contribution in [0.1, 0.15) is 21.7 Å². The number of carbonyl (C=O) groups is 2. The minimum atomic E-state index is -0.563. The SMILES string of the molecule is Cc1ccc(NC(=O)/C(=C/c2ccc(F)cc2)NC(=O)c2ccco2)cc1. The van der Waals surface area contributed by atoms with Crippen molar-refractivity contribution in [1.82, 2.24) is 5.32 Å². The summed E-state index contributed by atoms with van der Waals surface area (Å²) in [4.78, 5) is 25.0. The summed E-state index contributed by atoms with van der Waals surface area (Å²) in [6.45, 7) is 1.94. The van der Waals surface area contributed by atoms with Crippen LogP contribution >= 0.6 is 0 Å². The summed E-state index contributed by atoms with van der Waals surface area (Å²) in [5.74, 6) is -1.39. The molecule has 3 rings (SSSR count). The first-order valence-corrected chi connectivity index (χ1v) is 8.21. The Morgan fingerprint density at radius 1 is 1.00 bits per heavy atom. The predicted molar refractivity (Wildman–Crippen MR) is 100 cm³/mol. The van der Waals surface area contributed by atoms with Crippen LogP contribution in [0.2, 0.25) is 0 Å². The highest BCUT2D eigenvalue weighted by molar-refractivity contribution is 6.10. The summed E-state index contributed by atoms with van der Waals surface area (Å²) in [6, 6.07) is 15.9. The van der Waals surface area contributed by atoms with Gasteiger partial charge in [0.05, 0.1) is 6.26 Å². The Kier molecular flexibility index (Phi) is 5.47. The second-order valence-electron chi connectivity index (χ2n) is 5.86. The maximum atomic E-state index is 13.1. The van der Waals surface area contributed by atoms with Crippen molar-refractivity contribution in [3.63, 3.8) is 0 Å². The van der Waals surface area contributed by atoms with Gasteiger partial charge in [-0.05, 0) is 55.0 Å². The van der Waals surface area contributed by atoms with E-state index in [1.165, 1.54) is 42.7 Å². The second-order valence-corrected chi connectivity index (χ2v) is 5.86. The topological polar surface area (TPSA) is 71.3 Å². The van der Waals surface area contributed by atoms with E-state index in [1.807, 2.05) is 19.1 Å². The maximum absolute atomic E-state index is 13.1. The van der Waals surface area contributed by atoms with Crippen molar-refractivity contribution < 1.29 is 18.4 Å². The quantitative estimate of drug-likeness (QED) is 0.669. The fraction of sp³-hybridized carbons (Fsp3) is 0.0476. The molecule has 0 saturated carbocycles. The molecule has 2 amide bonds. The number of halogens is 1. The highest BCUT2D eigenvalue weighted by atomic mass is 19.1. The first-order valence-electron chi connectivity index (χ1n) is 8.21. The molecule has 2 N–H and O–H groups in total. The van der Waals surface area contributed by atoms with E-state index in [9.17, 15) is 14.0 Å². The standard InChI is InChI=1S/C21H17FN2O3/c1-14-4-10-17(11-5-14)23-20(25)18(13-15-6-8-16(22)9-7-15)24-21(26)19-3-2-12-27-19/h2-13H,1H3,(H,23,25)(H,24,26)/b18-13-. The molecule has 2 aromatic carbocycles. The second kappa shape index (κ2) is 8.14.